The molecule has 0 heterocycles. The molecular weight excluding hydrogens is 246 g/mol. The third-order valence-corrected chi connectivity index (χ3v) is 2.36. The van der Waals surface area contributed by atoms with Crippen molar-refractivity contribution in [2.24, 2.45) is 5.73 Å². The molecule has 0 bridgehead atoms. The molecule has 1 aromatic rings. The van der Waals surface area contributed by atoms with Crippen LogP contribution in [-0.2, 0) is 10.2 Å². The van der Waals surface area contributed by atoms with Crippen molar-refractivity contribution in [2.45, 2.75) is 13.3 Å². The molecule has 14 heavy (non-hydrogen) atoms. The molecule has 0 radical (unpaired) electrons. The SMILES string of the molecule is Cc1ccc(C(=O)OBr)cc1CCN. The van der Waals surface area contributed by atoms with Gasteiger partial charge in [0.15, 0.2) is 16.3 Å². The van der Waals surface area contributed by atoms with E-state index in [0.29, 0.717) is 12.1 Å². The highest BCUT2D eigenvalue weighted by Gasteiger charge is 2.07. The van der Waals surface area contributed by atoms with Gasteiger partial charge in [0.1, 0.15) is 0 Å². The van der Waals surface area contributed by atoms with Crippen molar-refractivity contribution in [3.63, 3.8) is 0 Å². The fraction of sp³-hybridized carbons (Fsp3) is 0.300. The lowest BCUT2D eigenvalue weighted by Gasteiger charge is -2.05. The van der Waals surface area contributed by atoms with Crippen molar-refractivity contribution >= 4 is 22.2 Å². The Morgan fingerprint density at radius 2 is 2.29 bits per heavy atom. The third-order valence-electron chi connectivity index (χ3n) is 2.07. The molecule has 0 saturated carbocycles. The molecule has 2 N–H and O–H groups in total. The lowest BCUT2D eigenvalue weighted by molar-refractivity contribution is 0.0782. The summed E-state index contributed by atoms with van der Waals surface area (Å²) >= 11 is 2.66. The summed E-state index contributed by atoms with van der Waals surface area (Å²) in [5.74, 6) is -0.386. The molecule has 0 aliphatic carbocycles. The predicted octanol–water partition coefficient (Wildman–Crippen LogP) is 1.96. The van der Waals surface area contributed by atoms with Gasteiger partial charge in [0.05, 0.1) is 5.56 Å². The zero-order valence-corrected chi connectivity index (χ0v) is 9.50. The molecule has 0 atom stereocenters. The second-order valence-corrected chi connectivity index (χ2v) is 3.37. The lowest BCUT2D eigenvalue weighted by Crippen LogP contribution is -2.06. The summed E-state index contributed by atoms with van der Waals surface area (Å²) in [6, 6.07) is 5.44. The standard InChI is InChI=1S/C10H12BrNO2/c1-7-2-3-9(10(13)14-11)6-8(7)4-5-12/h2-3,6H,4-5,12H2,1H3. The molecule has 3 nitrogen and oxygen atoms in total. The number of benzene rings is 1. The summed E-state index contributed by atoms with van der Waals surface area (Å²) in [6.07, 6.45) is 0.773. The Kier molecular flexibility index (Phi) is 4.10. The minimum Gasteiger partial charge on any atom is -0.380 e. The van der Waals surface area contributed by atoms with E-state index in [1.54, 1.807) is 6.07 Å². The van der Waals surface area contributed by atoms with Gasteiger partial charge in [0.2, 0.25) is 0 Å². The first-order valence-electron chi connectivity index (χ1n) is 4.31. The lowest BCUT2D eigenvalue weighted by atomic mass is 10.0. The van der Waals surface area contributed by atoms with Crippen molar-refractivity contribution < 1.29 is 8.62 Å². The summed E-state index contributed by atoms with van der Waals surface area (Å²) in [6.45, 7) is 2.57. The van der Waals surface area contributed by atoms with E-state index in [1.165, 1.54) is 0 Å². The molecule has 4 heteroatoms. The van der Waals surface area contributed by atoms with Crippen molar-refractivity contribution in [2.75, 3.05) is 6.54 Å². The van der Waals surface area contributed by atoms with Gasteiger partial charge in [-0.25, -0.2) is 4.79 Å². The van der Waals surface area contributed by atoms with E-state index in [1.807, 2.05) is 19.1 Å². The number of halogens is 1. The van der Waals surface area contributed by atoms with Gasteiger partial charge in [-0.3, -0.25) is 0 Å². The van der Waals surface area contributed by atoms with Gasteiger partial charge in [-0.1, -0.05) is 6.07 Å². The molecule has 76 valence electrons. The van der Waals surface area contributed by atoms with E-state index in [-0.39, 0.29) is 5.97 Å². The Hall–Kier alpha value is -0.870. The zero-order valence-electron chi connectivity index (χ0n) is 7.92. The molecule has 0 aliphatic heterocycles. The zero-order chi connectivity index (χ0) is 10.6. The summed E-state index contributed by atoms with van der Waals surface area (Å²) in [5.41, 5.74) is 8.23. The Morgan fingerprint density at radius 3 is 2.86 bits per heavy atom. The first-order valence-corrected chi connectivity index (χ1v) is 4.96. The predicted molar refractivity (Wildman–Crippen MR) is 58.3 cm³/mol. The van der Waals surface area contributed by atoms with Gasteiger partial charge in [0.25, 0.3) is 0 Å². The van der Waals surface area contributed by atoms with Gasteiger partial charge in [-0.15, -0.1) is 0 Å². The van der Waals surface area contributed by atoms with Crippen LogP contribution in [0.15, 0.2) is 18.2 Å². The monoisotopic (exact) mass is 257 g/mol. The molecule has 0 aromatic heterocycles. The maximum absolute atomic E-state index is 11.2. The minimum atomic E-state index is -0.386. The van der Waals surface area contributed by atoms with Crippen LogP contribution in [0.25, 0.3) is 0 Å². The molecule has 0 spiro atoms. The number of carbonyl (C=O) groups is 1. The van der Waals surface area contributed by atoms with Crippen LogP contribution in [0.3, 0.4) is 0 Å². The van der Waals surface area contributed by atoms with Crippen LogP contribution in [0, 0.1) is 6.92 Å². The number of carbonyl (C=O) groups excluding carboxylic acids is 1. The highest BCUT2D eigenvalue weighted by Crippen LogP contribution is 2.13. The average molecular weight is 258 g/mol. The van der Waals surface area contributed by atoms with Gasteiger partial charge in [-0.05, 0) is 43.1 Å². The third kappa shape index (κ3) is 2.56. The van der Waals surface area contributed by atoms with Crippen LogP contribution >= 0.6 is 16.3 Å². The number of aryl methyl sites for hydroxylation is 1. The minimum absolute atomic E-state index is 0.386. The van der Waals surface area contributed by atoms with Crippen LogP contribution in [0.5, 0.6) is 0 Å². The molecular formula is C10H12BrNO2. The molecule has 0 unspecified atom stereocenters. The normalized spacial score (nSPS) is 9.93. The highest BCUT2D eigenvalue weighted by molar-refractivity contribution is 9.06. The van der Waals surface area contributed by atoms with E-state index < -0.39 is 0 Å². The van der Waals surface area contributed by atoms with E-state index in [0.717, 1.165) is 17.5 Å². The Morgan fingerprint density at radius 1 is 1.57 bits per heavy atom. The summed E-state index contributed by atoms with van der Waals surface area (Å²) in [5, 5.41) is 0. The van der Waals surface area contributed by atoms with Crippen LogP contribution in [-0.4, -0.2) is 12.5 Å². The van der Waals surface area contributed by atoms with E-state index in [9.17, 15) is 4.79 Å². The second-order valence-electron chi connectivity index (χ2n) is 3.04. The molecule has 0 fully saturated rings. The van der Waals surface area contributed by atoms with Gasteiger partial charge >= 0.3 is 5.97 Å². The average Bonchev–Trinajstić information content (AvgIpc) is 2.20. The van der Waals surface area contributed by atoms with Gasteiger partial charge in [-0.2, -0.15) is 0 Å². The van der Waals surface area contributed by atoms with Crippen molar-refractivity contribution in [1.29, 1.82) is 0 Å². The molecule has 0 amide bonds. The van der Waals surface area contributed by atoms with Crippen molar-refractivity contribution in [1.82, 2.24) is 0 Å². The quantitative estimate of drug-likeness (QED) is 0.901. The number of nitrogens with two attached hydrogens (primary N) is 1. The van der Waals surface area contributed by atoms with Crippen LogP contribution in [0.2, 0.25) is 0 Å². The topological polar surface area (TPSA) is 52.3 Å². The smallest absolute Gasteiger partial charge is 0.349 e. The van der Waals surface area contributed by atoms with Gasteiger partial charge < -0.3 is 9.56 Å². The van der Waals surface area contributed by atoms with Crippen LogP contribution < -0.4 is 5.73 Å². The van der Waals surface area contributed by atoms with Crippen molar-refractivity contribution in [3.05, 3.63) is 34.9 Å². The maximum Gasteiger partial charge on any atom is 0.349 e. The molecule has 0 saturated heterocycles. The first kappa shape index (κ1) is 11.2. The summed E-state index contributed by atoms with van der Waals surface area (Å²) in [7, 11) is 0. The van der Waals surface area contributed by atoms with E-state index in [4.69, 9.17) is 5.73 Å². The summed E-state index contributed by atoms with van der Waals surface area (Å²) < 4.78 is 4.45. The van der Waals surface area contributed by atoms with Crippen LogP contribution in [0.1, 0.15) is 21.5 Å². The van der Waals surface area contributed by atoms with Crippen molar-refractivity contribution in [3.8, 4) is 0 Å². The fourth-order valence-electron chi connectivity index (χ4n) is 1.27. The molecule has 0 aliphatic rings. The van der Waals surface area contributed by atoms with Crippen LogP contribution in [0.4, 0.5) is 0 Å². The number of hydrogen-bond donors (Lipinski definition) is 1. The highest BCUT2D eigenvalue weighted by atomic mass is 79.9. The molecule has 1 rings (SSSR count). The largest absolute Gasteiger partial charge is 0.380 e. The van der Waals surface area contributed by atoms with Gasteiger partial charge in [0, 0.05) is 0 Å². The maximum atomic E-state index is 11.2. The second kappa shape index (κ2) is 5.12. The van der Waals surface area contributed by atoms with E-state index in [2.05, 4.69) is 20.1 Å². The first-order chi connectivity index (χ1) is 6.69. The molecule has 1 aromatic carbocycles. The fourth-order valence-corrected chi connectivity index (χ4v) is 1.45. The summed E-state index contributed by atoms with van der Waals surface area (Å²) in [4.78, 5) is 11.2. The van der Waals surface area contributed by atoms with E-state index >= 15 is 0 Å². The number of hydrogen-bond acceptors (Lipinski definition) is 3. The Balaban J connectivity index is 2.99. The number of rotatable bonds is 3. The Bertz CT molecular complexity index is 339. The Labute approximate surface area is 91.7 Å².